The summed E-state index contributed by atoms with van der Waals surface area (Å²) in [4.78, 5) is 29.9. The smallest absolute Gasteiger partial charge is 0.272 e. The topological polar surface area (TPSA) is 99.2 Å². The van der Waals surface area contributed by atoms with Crippen molar-refractivity contribution in [3.05, 3.63) is 93.7 Å². The van der Waals surface area contributed by atoms with Gasteiger partial charge in [-0.1, -0.05) is 24.3 Å². The van der Waals surface area contributed by atoms with Gasteiger partial charge in [-0.05, 0) is 25.1 Å². The number of carbonyl (C=O) groups is 1. The zero-order valence-corrected chi connectivity index (χ0v) is 16.8. The Balaban J connectivity index is 1.62. The molecule has 0 bridgehead atoms. The molecular weight excluding hydrogens is 418 g/mol. The van der Waals surface area contributed by atoms with E-state index >= 15 is 4.39 Å². The van der Waals surface area contributed by atoms with E-state index in [1.165, 1.54) is 19.2 Å². The van der Waals surface area contributed by atoms with E-state index in [9.17, 15) is 19.1 Å². The monoisotopic (exact) mass is 434 g/mol. The van der Waals surface area contributed by atoms with E-state index in [1.54, 1.807) is 24.3 Å². The first-order valence-electron chi connectivity index (χ1n) is 9.74. The molecule has 4 aromatic rings. The average Bonchev–Trinajstić information content (AvgIpc) is 2.97. The molecule has 0 aliphatic carbocycles. The fourth-order valence-corrected chi connectivity index (χ4v) is 4.02. The second-order valence-electron chi connectivity index (χ2n) is 7.73. The van der Waals surface area contributed by atoms with Crippen LogP contribution in [-0.4, -0.2) is 26.2 Å². The van der Waals surface area contributed by atoms with E-state index in [0.717, 1.165) is 23.2 Å². The van der Waals surface area contributed by atoms with Crippen LogP contribution in [-0.2, 0) is 16.8 Å². The van der Waals surface area contributed by atoms with Crippen LogP contribution in [0.25, 0.3) is 10.8 Å². The number of carbonyl (C=O) groups excluding carboxylic acids is 1. The van der Waals surface area contributed by atoms with Crippen molar-refractivity contribution >= 4 is 28.1 Å². The second-order valence-corrected chi connectivity index (χ2v) is 7.73. The number of aromatic nitrogens is 3. The van der Waals surface area contributed by atoms with Crippen molar-refractivity contribution in [3.63, 3.8) is 0 Å². The summed E-state index contributed by atoms with van der Waals surface area (Å²) in [5.41, 5.74) is -1.77. The number of pyridine rings is 1. The van der Waals surface area contributed by atoms with E-state index in [-0.39, 0.29) is 34.5 Å². The van der Waals surface area contributed by atoms with Gasteiger partial charge in [0.2, 0.25) is 0 Å². The fraction of sp³-hybridized carbons (Fsp3) is 0.130. The molecule has 1 aliphatic rings. The molecule has 160 valence electrons. The predicted molar refractivity (Wildman–Crippen MR) is 112 cm³/mol. The third-order valence-corrected chi connectivity index (χ3v) is 5.65. The number of aliphatic hydroxyl groups is 1. The first-order chi connectivity index (χ1) is 15.3. The minimum absolute atomic E-state index is 0.0155. The molecule has 32 heavy (non-hydrogen) atoms. The summed E-state index contributed by atoms with van der Waals surface area (Å²) in [5.74, 6) is -2.21. The minimum Gasteiger partial charge on any atom is -0.375 e. The van der Waals surface area contributed by atoms with Gasteiger partial charge >= 0.3 is 0 Å². The van der Waals surface area contributed by atoms with Crippen molar-refractivity contribution in [2.45, 2.75) is 18.9 Å². The third kappa shape index (κ3) is 2.89. The quantitative estimate of drug-likeness (QED) is 0.516. The highest BCUT2D eigenvalue weighted by atomic mass is 19.1. The summed E-state index contributed by atoms with van der Waals surface area (Å²) in [5, 5.41) is 18.1. The maximum absolute atomic E-state index is 15.6. The lowest BCUT2D eigenvalue weighted by Gasteiger charge is -2.21. The molecule has 0 saturated heterocycles. The Kier molecular flexibility index (Phi) is 4.38. The fourth-order valence-electron chi connectivity index (χ4n) is 4.02. The molecule has 2 aromatic heterocycles. The average molecular weight is 434 g/mol. The number of fused-ring (bicyclic) bond motifs is 2. The SMILES string of the molecule is CC1(O)C(=O)N(c2cncc(Cc3n[nH]c(=O)c4ccccc34)c2F)c2cc(F)ccc21. The third-order valence-electron chi connectivity index (χ3n) is 5.65. The Morgan fingerprint density at radius 1 is 1.06 bits per heavy atom. The Labute approximate surface area is 180 Å². The van der Waals surface area contributed by atoms with Gasteiger partial charge < -0.3 is 5.11 Å². The van der Waals surface area contributed by atoms with Gasteiger partial charge in [0.1, 0.15) is 11.5 Å². The molecule has 0 spiro atoms. The molecule has 2 N–H and O–H groups in total. The summed E-state index contributed by atoms with van der Waals surface area (Å²) in [6.45, 7) is 1.28. The lowest BCUT2D eigenvalue weighted by molar-refractivity contribution is -0.133. The predicted octanol–water partition coefficient (Wildman–Crippen LogP) is 3.07. The van der Waals surface area contributed by atoms with Crippen molar-refractivity contribution in [2.24, 2.45) is 0 Å². The largest absolute Gasteiger partial charge is 0.375 e. The maximum atomic E-state index is 15.6. The number of anilines is 2. The summed E-state index contributed by atoms with van der Waals surface area (Å²) in [6.07, 6.45) is 2.43. The summed E-state index contributed by atoms with van der Waals surface area (Å²) in [7, 11) is 0. The number of H-pyrrole nitrogens is 1. The van der Waals surface area contributed by atoms with E-state index in [0.29, 0.717) is 16.5 Å². The van der Waals surface area contributed by atoms with E-state index < -0.39 is 23.1 Å². The molecule has 0 radical (unpaired) electrons. The number of amides is 1. The van der Waals surface area contributed by atoms with Gasteiger partial charge in [0.05, 0.1) is 23.0 Å². The van der Waals surface area contributed by atoms with Crippen LogP contribution in [0.3, 0.4) is 0 Å². The molecule has 1 amide bonds. The van der Waals surface area contributed by atoms with E-state index in [2.05, 4.69) is 15.2 Å². The minimum atomic E-state index is -1.94. The lowest BCUT2D eigenvalue weighted by Crippen LogP contribution is -2.36. The molecule has 1 aliphatic heterocycles. The van der Waals surface area contributed by atoms with Gasteiger partial charge in [-0.25, -0.2) is 13.9 Å². The van der Waals surface area contributed by atoms with Crippen molar-refractivity contribution in [3.8, 4) is 0 Å². The molecule has 0 saturated carbocycles. The molecule has 2 aromatic carbocycles. The molecule has 3 heterocycles. The van der Waals surface area contributed by atoms with Crippen LogP contribution < -0.4 is 10.5 Å². The van der Waals surface area contributed by atoms with Gasteiger partial charge in [-0.15, -0.1) is 0 Å². The number of rotatable bonds is 3. The van der Waals surface area contributed by atoms with Gasteiger partial charge in [-0.3, -0.25) is 19.5 Å². The first kappa shape index (κ1) is 20.0. The first-order valence-corrected chi connectivity index (χ1v) is 9.74. The van der Waals surface area contributed by atoms with Crippen LogP contribution in [0.2, 0.25) is 0 Å². The Hall–Kier alpha value is -3.98. The van der Waals surface area contributed by atoms with Gasteiger partial charge in [0, 0.05) is 29.1 Å². The molecular formula is C23H16F2N4O3. The van der Waals surface area contributed by atoms with Crippen molar-refractivity contribution in [1.29, 1.82) is 0 Å². The zero-order chi connectivity index (χ0) is 22.6. The Morgan fingerprint density at radius 2 is 1.81 bits per heavy atom. The van der Waals surface area contributed by atoms with Gasteiger partial charge in [-0.2, -0.15) is 5.10 Å². The lowest BCUT2D eigenvalue weighted by atomic mass is 9.98. The number of nitrogens with zero attached hydrogens (tertiary/aromatic N) is 3. The number of halogens is 2. The van der Waals surface area contributed by atoms with Gasteiger partial charge in [0.15, 0.2) is 11.4 Å². The van der Waals surface area contributed by atoms with E-state index in [1.807, 2.05) is 0 Å². The van der Waals surface area contributed by atoms with E-state index in [4.69, 9.17) is 0 Å². The van der Waals surface area contributed by atoms with Gasteiger partial charge in [0.25, 0.3) is 11.5 Å². The summed E-state index contributed by atoms with van der Waals surface area (Å²) >= 11 is 0. The van der Waals surface area contributed by atoms with Crippen LogP contribution in [0.5, 0.6) is 0 Å². The number of benzene rings is 2. The highest BCUT2D eigenvalue weighted by Crippen LogP contribution is 2.45. The highest BCUT2D eigenvalue weighted by Gasteiger charge is 2.47. The highest BCUT2D eigenvalue weighted by molar-refractivity contribution is 6.11. The molecule has 1 unspecified atom stereocenters. The number of hydrogen-bond acceptors (Lipinski definition) is 5. The van der Waals surface area contributed by atoms with Crippen LogP contribution >= 0.6 is 0 Å². The molecule has 1 atom stereocenters. The molecule has 5 rings (SSSR count). The summed E-state index contributed by atoms with van der Waals surface area (Å²) < 4.78 is 29.5. The second kappa shape index (κ2) is 7.03. The Morgan fingerprint density at radius 3 is 2.59 bits per heavy atom. The molecule has 7 nitrogen and oxygen atoms in total. The van der Waals surface area contributed by atoms with Crippen LogP contribution in [0, 0.1) is 11.6 Å². The van der Waals surface area contributed by atoms with Crippen molar-refractivity contribution in [1.82, 2.24) is 15.2 Å². The zero-order valence-electron chi connectivity index (χ0n) is 16.8. The van der Waals surface area contributed by atoms with Crippen LogP contribution in [0.1, 0.15) is 23.7 Å². The van der Waals surface area contributed by atoms with Crippen LogP contribution in [0.15, 0.2) is 59.7 Å². The number of hydrogen-bond donors (Lipinski definition) is 2. The Bertz CT molecular complexity index is 1470. The van der Waals surface area contributed by atoms with Crippen molar-refractivity contribution < 1.29 is 18.7 Å². The molecule has 0 fully saturated rings. The molecule has 9 heteroatoms. The maximum Gasteiger partial charge on any atom is 0.272 e. The normalized spacial score (nSPS) is 17.8. The number of aromatic amines is 1. The van der Waals surface area contributed by atoms with Crippen LogP contribution in [0.4, 0.5) is 20.2 Å². The summed E-state index contributed by atoms with van der Waals surface area (Å²) in [6, 6.07) is 10.3. The standard InChI is InChI=1S/C23H16F2N4O3/c1-23(32)16-7-6-13(24)9-18(16)29(22(23)31)19-11-26-10-12(20(19)25)8-17-14-4-2-3-5-15(14)21(30)28-27-17/h2-7,9-11,32H,8H2,1H3,(H,28,30). The number of nitrogens with one attached hydrogen (secondary N) is 1. The van der Waals surface area contributed by atoms with Crippen molar-refractivity contribution in [2.75, 3.05) is 4.90 Å².